The molecule has 1 N–H and O–H groups in total. The van der Waals surface area contributed by atoms with Crippen molar-refractivity contribution in [1.82, 2.24) is 14.9 Å². The monoisotopic (exact) mass is 447 g/mol. The summed E-state index contributed by atoms with van der Waals surface area (Å²) in [6.45, 7) is 4.15. The van der Waals surface area contributed by atoms with E-state index >= 15 is 0 Å². The zero-order valence-corrected chi connectivity index (χ0v) is 18.4. The number of rotatable bonds is 5. The average molecular weight is 448 g/mol. The molecule has 1 aliphatic heterocycles. The standard InChI is InChI=1S/C24H21N3O4S/c1-14-20-23(32-21(14)17-6-4-3-5-7-17)26-12-27(24(20)29)15(2)22(28)25-11-16-8-9-18-19(10-16)31-13-30-18/h3-10,12,15H,11,13H2,1-2H3,(H,25,28). The highest BCUT2D eigenvalue weighted by atomic mass is 32.1. The van der Waals surface area contributed by atoms with Gasteiger partial charge in [0.25, 0.3) is 5.56 Å². The van der Waals surface area contributed by atoms with Crippen molar-refractivity contribution in [3.8, 4) is 21.9 Å². The predicted molar refractivity (Wildman–Crippen MR) is 123 cm³/mol. The van der Waals surface area contributed by atoms with Gasteiger partial charge in [-0.3, -0.25) is 14.2 Å². The molecule has 1 unspecified atom stereocenters. The van der Waals surface area contributed by atoms with E-state index in [4.69, 9.17) is 9.47 Å². The van der Waals surface area contributed by atoms with Gasteiger partial charge in [0.1, 0.15) is 10.9 Å². The van der Waals surface area contributed by atoms with Crippen LogP contribution in [0.2, 0.25) is 0 Å². The Hall–Kier alpha value is -3.65. The molecule has 4 aromatic rings. The van der Waals surface area contributed by atoms with Gasteiger partial charge in [0, 0.05) is 11.4 Å². The van der Waals surface area contributed by atoms with Gasteiger partial charge in [0.05, 0.1) is 11.7 Å². The molecule has 0 fully saturated rings. The number of aryl methyl sites for hydroxylation is 1. The SMILES string of the molecule is Cc1c(-c2ccccc2)sc2ncn(C(C)C(=O)NCc3ccc4c(c3)OCO4)c(=O)c12. The molecular weight excluding hydrogens is 426 g/mol. The number of fused-ring (bicyclic) bond motifs is 2. The zero-order chi connectivity index (χ0) is 22.2. The number of thiophene rings is 1. The van der Waals surface area contributed by atoms with E-state index < -0.39 is 6.04 Å². The van der Waals surface area contributed by atoms with Crippen LogP contribution in [-0.4, -0.2) is 22.3 Å². The van der Waals surface area contributed by atoms with E-state index in [2.05, 4.69) is 10.3 Å². The molecule has 0 saturated carbocycles. The van der Waals surface area contributed by atoms with Gasteiger partial charge in [-0.2, -0.15) is 0 Å². The highest BCUT2D eigenvalue weighted by Crippen LogP contribution is 2.35. The Morgan fingerprint density at radius 1 is 1.19 bits per heavy atom. The molecule has 1 amide bonds. The number of aromatic nitrogens is 2. The van der Waals surface area contributed by atoms with E-state index in [9.17, 15) is 9.59 Å². The van der Waals surface area contributed by atoms with Crippen LogP contribution in [0, 0.1) is 6.92 Å². The molecule has 0 radical (unpaired) electrons. The molecule has 0 saturated heterocycles. The summed E-state index contributed by atoms with van der Waals surface area (Å²) in [5, 5.41) is 3.45. The van der Waals surface area contributed by atoms with E-state index in [1.165, 1.54) is 22.2 Å². The van der Waals surface area contributed by atoms with Crippen LogP contribution in [0.5, 0.6) is 11.5 Å². The maximum absolute atomic E-state index is 13.3. The first-order chi connectivity index (χ1) is 15.5. The highest BCUT2D eigenvalue weighted by Gasteiger charge is 2.21. The fourth-order valence-corrected chi connectivity index (χ4v) is 4.94. The van der Waals surface area contributed by atoms with Crippen LogP contribution in [0.4, 0.5) is 0 Å². The minimum atomic E-state index is -0.701. The lowest BCUT2D eigenvalue weighted by atomic mass is 10.1. The fraction of sp³-hybridized carbons (Fsp3) is 0.208. The molecule has 1 atom stereocenters. The van der Waals surface area contributed by atoms with Crippen LogP contribution < -0.4 is 20.3 Å². The summed E-state index contributed by atoms with van der Waals surface area (Å²) in [6, 6.07) is 14.8. The molecule has 3 heterocycles. The summed E-state index contributed by atoms with van der Waals surface area (Å²) in [6.07, 6.45) is 1.46. The van der Waals surface area contributed by atoms with Crippen molar-refractivity contribution in [2.24, 2.45) is 0 Å². The van der Waals surface area contributed by atoms with Crippen molar-refractivity contribution < 1.29 is 14.3 Å². The second-order valence-electron chi connectivity index (χ2n) is 7.64. The van der Waals surface area contributed by atoms with Gasteiger partial charge in [0.15, 0.2) is 11.5 Å². The van der Waals surface area contributed by atoms with Crippen molar-refractivity contribution in [2.75, 3.05) is 6.79 Å². The Morgan fingerprint density at radius 2 is 1.97 bits per heavy atom. The van der Waals surface area contributed by atoms with Gasteiger partial charge >= 0.3 is 0 Å². The average Bonchev–Trinajstić information content (AvgIpc) is 3.42. The van der Waals surface area contributed by atoms with E-state index in [1.54, 1.807) is 6.92 Å². The minimum Gasteiger partial charge on any atom is -0.454 e. The molecule has 2 aromatic carbocycles. The van der Waals surface area contributed by atoms with Crippen molar-refractivity contribution in [3.05, 3.63) is 76.3 Å². The Bertz CT molecular complexity index is 1380. The second kappa shape index (κ2) is 8.12. The lowest BCUT2D eigenvalue weighted by molar-refractivity contribution is -0.124. The molecule has 162 valence electrons. The molecule has 5 rings (SSSR count). The van der Waals surface area contributed by atoms with Gasteiger partial charge in [-0.05, 0) is 42.7 Å². The number of nitrogens with one attached hydrogen (secondary N) is 1. The lowest BCUT2D eigenvalue weighted by Gasteiger charge is -2.15. The summed E-state index contributed by atoms with van der Waals surface area (Å²) >= 11 is 1.49. The van der Waals surface area contributed by atoms with Gasteiger partial charge < -0.3 is 14.8 Å². The zero-order valence-electron chi connectivity index (χ0n) is 17.6. The lowest BCUT2D eigenvalue weighted by Crippen LogP contribution is -2.35. The number of hydrogen-bond acceptors (Lipinski definition) is 6. The summed E-state index contributed by atoms with van der Waals surface area (Å²) in [5.41, 5.74) is 2.61. The Kier molecular flexibility index (Phi) is 5.14. The van der Waals surface area contributed by atoms with E-state index in [0.29, 0.717) is 28.3 Å². The first-order valence-electron chi connectivity index (χ1n) is 10.2. The topological polar surface area (TPSA) is 82.5 Å². The molecule has 0 spiro atoms. The second-order valence-corrected chi connectivity index (χ2v) is 8.64. The van der Waals surface area contributed by atoms with Crippen LogP contribution in [0.15, 0.2) is 59.7 Å². The normalized spacial score (nSPS) is 13.3. The van der Waals surface area contributed by atoms with Crippen LogP contribution in [-0.2, 0) is 11.3 Å². The maximum Gasteiger partial charge on any atom is 0.263 e. The largest absolute Gasteiger partial charge is 0.454 e. The Balaban J connectivity index is 1.39. The third-order valence-electron chi connectivity index (χ3n) is 5.61. The molecule has 32 heavy (non-hydrogen) atoms. The van der Waals surface area contributed by atoms with Gasteiger partial charge in [0.2, 0.25) is 12.7 Å². The number of hydrogen-bond donors (Lipinski definition) is 1. The fourth-order valence-electron chi connectivity index (χ4n) is 3.79. The van der Waals surface area contributed by atoms with Crippen LogP contribution in [0.3, 0.4) is 0 Å². The van der Waals surface area contributed by atoms with Gasteiger partial charge in [-0.15, -0.1) is 11.3 Å². The van der Waals surface area contributed by atoms with Crippen LogP contribution in [0.1, 0.15) is 24.1 Å². The number of carbonyl (C=O) groups excluding carboxylic acids is 1. The number of benzene rings is 2. The summed E-state index contributed by atoms with van der Waals surface area (Å²) < 4.78 is 12.1. The molecule has 8 heteroatoms. The predicted octanol–water partition coefficient (Wildman–Crippen LogP) is 4.04. The van der Waals surface area contributed by atoms with E-state index in [1.807, 2.05) is 55.5 Å². The van der Waals surface area contributed by atoms with Crippen molar-refractivity contribution in [2.45, 2.75) is 26.4 Å². The third-order valence-corrected chi connectivity index (χ3v) is 6.86. The smallest absolute Gasteiger partial charge is 0.263 e. The summed E-state index contributed by atoms with van der Waals surface area (Å²) in [5.74, 6) is 1.10. The maximum atomic E-state index is 13.3. The quantitative estimate of drug-likeness (QED) is 0.499. The van der Waals surface area contributed by atoms with Crippen LogP contribution >= 0.6 is 11.3 Å². The number of amides is 1. The molecule has 2 aromatic heterocycles. The van der Waals surface area contributed by atoms with Crippen molar-refractivity contribution in [3.63, 3.8) is 0 Å². The third kappa shape index (κ3) is 3.52. The van der Waals surface area contributed by atoms with Gasteiger partial charge in [-0.25, -0.2) is 4.98 Å². The Morgan fingerprint density at radius 3 is 2.78 bits per heavy atom. The van der Waals surface area contributed by atoms with Crippen molar-refractivity contribution >= 4 is 27.5 Å². The first-order valence-corrected chi connectivity index (χ1v) is 11.1. The van der Waals surface area contributed by atoms with E-state index in [0.717, 1.165) is 21.6 Å². The molecule has 0 bridgehead atoms. The number of ether oxygens (including phenoxy) is 2. The molecule has 1 aliphatic rings. The molecule has 7 nitrogen and oxygen atoms in total. The summed E-state index contributed by atoms with van der Waals surface area (Å²) in [7, 11) is 0. The van der Waals surface area contributed by atoms with Gasteiger partial charge in [-0.1, -0.05) is 36.4 Å². The molecule has 0 aliphatic carbocycles. The minimum absolute atomic E-state index is 0.203. The summed E-state index contributed by atoms with van der Waals surface area (Å²) in [4.78, 5) is 32.2. The molecular formula is C24H21N3O4S. The highest BCUT2D eigenvalue weighted by molar-refractivity contribution is 7.22. The Labute approximate surface area is 188 Å². The number of carbonyl (C=O) groups is 1. The van der Waals surface area contributed by atoms with Crippen molar-refractivity contribution in [1.29, 1.82) is 0 Å². The van der Waals surface area contributed by atoms with E-state index in [-0.39, 0.29) is 18.3 Å². The van der Waals surface area contributed by atoms with Crippen LogP contribution in [0.25, 0.3) is 20.7 Å². The number of nitrogens with zero attached hydrogens (tertiary/aromatic N) is 2. The first kappa shape index (κ1) is 20.3.